The van der Waals surface area contributed by atoms with Gasteiger partial charge in [-0.15, -0.1) is 0 Å². The topological polar surface area (TPSA) is 41.1 Å². The molecule has 2 rings (SSSR count). The van der Waals surface area contributed by atoms with E-state index in [0.717, 1.165) is 15.8 Å². The Balaban J connectivity index is 1.83. The number of benzene rings is 1. The van der Waals surface area contributed by atoms with Crippen LogP contribution in [0.25, 0.3) is 0 Å². The Morgan fingerprint density at radius 3 is 2.59 bits per heavy atom. The molecule has 1 aromatic heterocycles. The number of hydrogen-bond donors (Lipinski definition) is 2. The smallest absolute Gasteiger partial charge is 0.243 e. The third-order valence-corrected chi connectivity index (χ3v) is 3.31. The Morgan fingerprint density at radius 2 is 1.94 bits per heavy atom. The molecule has 0 radical (unpaired) electrons. The first-order chi connectivity index (χ1) is 8.24. The van der Waals surface area contributed by atoms with Gasteiger partial charge in [0.15, 0.2) is 0 Å². The van der Waals surface area contributed by atoms with Crippen molar-refractivity contribution in [1.29, 1.82) is 0 Å². The van der Waals surface area contributed by atoms with Gasteiger partial charge in [-0.25, -0.2) is 0 Å². The maximum absolute atomic E-state index is 11.6. The first-order valence-electron chi connectivity index (χ1n) is 5.05. The van der Waals surface area contributed by atoms with Gasteiger partial charge in [-0.05, 0) is 35.7 Å². The van der Waals surface area contributed by atoms with E-state index in [1.165, 1.54) is 0 Å². The Hall–Kier alpha value is -1.33. The summed E-state index contributed by atoms with van der Waals surface area (Å²) in [4.78, 5) is 11.6. The molecule has 0 spiro atoms. The molecule has 88 valence electrons. The van der Waals surface area contributed by atoms with E-state index in [2.05, 4.69) is 26.6 Å². The van der Waals surface area contributed by atoms with Crippen molar-refractivity contribution in [2.75, 3.05) is 17.2 Å². The summed E-state index contributed by atoms with van der Waals surface area (Å²) in [5.41, 5.74) is 1.77. The van der Waals surface area contributed by atoms with Gasteiger partial charge in [-0.2, -0.15) is 11.3 Å². The van der Waals surface area contributed by atoms with Crippen molar-refractivity contribution in [1.82, 2.24) is 0 Å². The van der Waals surface area contributed by atoms with E-state index in [0.29, 0.717) is 0 Å². The first kappa shape index (κ1) is 12.1. The lowest BCUT2D eigenvalue weighted by Crippen LogP contribution is -2.21. The zero-order chi connectivity index (χ0) is 12.1. The van der Waals surface area contributed by atoms with E-state index >= 15 is 0 Å². The van der Waals surface area contributed by atoms with Gasteiger partial charge in [0.1, 0.15) is 0 Å². The Kier molecular flexibility index (Phi) is 4.17. The standard InChI is InChI=1S/C12H11BrN2OS/c13-9-1-3-10(4-2-9)15-12(16)7-14-11-5-6-17-8-11/h1-6,8,14H,7H2,(H,15,16). The zero-order valence-corrected chi connectivity index (χ0v) is 11.3. The van der Waals surface area contributed by atoms with Crippen molar-refractivity contribution in [2.24, 2.45) is 0 Å². The molecule has 0 aliphatic carbocycles. The molecule has 0 fully saturated rings. The van der Waals surface area contributed by atoms with Crippen LogP contribution in [0.15, 0.2) is 45.6 Å². The van der Waals surface area contributed by atoms with Crippen LogP contribution in [0.3, 0.4) is 0 Å². The van der Waals surface area contributed by atoms with Gasteiger partial charge in [0.05, 0.1) is 6.54 Å². The lowest BCUT2D eigenvalue weighted by molar-refractivity contribution is -0.114. The summed E-state index contributed by atoms with van der Waals surface area (Å²) in [6.07, 6.45) is 0. The van der Waals surface area contributed by atoms with E-state index in [1.807, 2.05) is 41.1 Å². The molecular weight excluding hydrogens is 300 g/mol. The molecule has 0 aliphatic rings. The Morgan fingerprint density at radius 1 is 1.18 bits per heavy atom. The molecule has 17 heavy (non-hydrogen) atoms. The van der Waals surface area contributed by atoms with Gasteiger partial charge < -0.3 is 10.6 Å². The Labute approximate surface area is 112 Å². The van der Waals surface area contributed by atoms with Crippen LogP contribution in [-0.4, -0.2) is 12.5 Å². The van der Waals surface area contributed by atoms with E-state index in [4.69, 9.17) is 0 Å². The number of amides is 1. The second-order valence-electron chi connectivity index (χ2n) is 3.42. The second kappa shape index (κ2) is 5.84. The van der Waals surface area contributed by atoms with Crippen LogP contribution in [0.2, 0.25) is 0 Å². The fourth-order valence-corrected chi connectivity index (χ4v) is 2.16. The molecule has 1 amide bonds. The third-order valence-electron chi connectivity index (χ3n) is 2.10. The number of rotatable bonds is 4. The van der Waals surface area contributed by atoms with Gasteiger partial charge in [0.2, 0.25) is 5.91 Å². The minimum absolute atomic E-state index is 0.0569. The average Bonchev–Trinajstić information content (AvgIpc) is 2.83. The molecule has 2 N–H and O–H groups in total. The highest BCUT2D eigenvalue weighted by Gasteiger charge is 2.02. The molecule has 0 atom stereocenters. The van der Waals surface area contributed by atoms with Gasteiger partial charge in [-0.1, -0.05) is 15.9 Å². The van der Waals surface area contributed by atoms with Crippen molar-refractivity contribution >= 4 is 44.5 Å². The van der Waals surface area contributed by atoms with E-state index in [-0.39, 0.29) is 12.5 Å². The minimum Gasteiger partial charge on any atom is -0.375 e. The van der Waals surface area contributed by atoms with Crippen LogP contribution in [0.1, 0.15) is 0 Å². The molecule has 1 aromatic carbocycles. The monoisotopic (exact) mass is 310 g/mol. The number of anilines is 2. The lowest BCUT2D eigenvalue weighted by Gasteiger charge is -2.06. The number of thiophene rings is 1. The van der Waals surface area contributed by atoms with E-state index in [1.54, 1.807) is 11.3 Å². The molecule has 0 aliphatic heterocycles. The van der Waals surface area contributed by atoms with E-state index < -0.39 is 0 Å². The van der Waals surface area contributed by atoms with Crippen LogP contribution in [0.5, 0.6) is 0 Å². The van der Waals surface area contributed by atoms with Gasteiger partial charge in [0.25, 0.3) is 0 Å². The van der Waals surface area contributed by atoms with Gasteiger partial charge >= 0.3 is 0 Å². The molecule has 0 unspecified atom stereocenters. The Bertz CT molecular complexity index is 482. The maximum Gasteiger partial charge on any atom is 0.243 e. The largest absolute Gasteiger partial charge is 0.375 e. The van der Waals surface area contributed by atoms with Crippen LogP contribution in [0.4, 0.5) is 11.4 Å². The summed E-state index contributed by atoms with van der Waals surface area (Å²) in [5, 5.41) is 9.79. The van der Waals surface area contributed by atoms with E-state index in [9.17, 15) is 4.79 Å². The fourth-order valence-electron chi connectivity index (χ4n) is 1.29. The van der Waals surface area contributed by atoms with Crippen LogP contribution < -0.4 is 10.6 Å². The molecule has 1 heterocycles. The lowest BCUT2D eigenvalue weighted by atomic mass is 10.3. The predicted octanol–water partition coefficient (Wildman–Crippen LogP) is 3.56. The molecular formula is C12H11BrN2OS. The normalized spacial score (nSPS) is 9.94. The summed E-state index contributed by atoms with van der Waals surface area (Å²) in [5.74, 6) is -0.0569. The van der Waals surface area contributed by atoms with Crippen molar-refractivity contribution in [2.45, 2.75) is 0 Å². The first-order valence-corrected chi connectivity index (χ1v) is 6.79. The highest BCUT2D eigenvalue weighted by atomic mass is 79.9. The number of halogens is 1. The van der Waals surface area contributed by atoms with Crippen LogP contribution in [-0.2, 0) is 4.79 Å². The number of carbonyl (C=O) groups excluding carboxylic acids is 1. The average molecular weight is 311 g/mol. The molecule has 0 saturated heterocycles. The van der Waals surface area contributed by atoms with Crippen molar-refractivity contribution in [3.05, 3.63) is 45.6 Å². The highest BCUT2D eigenvalue weighted by molar-refractivity contribution is 9.10. The van der Waals surface area contributed by atoms with Crippen molar-refractivity contribution in [3.8, 4) is 0 Å². The van der Waals surface area contributed by atoms with Crippen molar-refractivity contribution in [3.63, 3.8) is 0 Å². The second-order valence-corrected chi connectivity index (χ2v) is 5.12. The molecule has 0 bridgehead atoms. The number of hydrogen-bond acceptors (Lipinski definition) is 3. The molecule has 2 aromatic rings. The van der Waals surface area contributed by atoms with Crippen molar-refractivity contribution < 1.29 is 4.79 Å². The molecule has 5 heteroatoms. The summed E-state index contributed by atoms with van der Waals surface area (Å²) in [7, 11) is 0. The SMILES string of the molecule is O=C(CNc1ccsc1)Nc1ccc(Br)cc1. The maximum atomic E-state index is 11.6. The molecule has 3 nitrogen and oxygen atoms in total. The summed E-state index contributed by atoms with van der Waals surface area (Å²) in [6, 6.07) is 9.43. The summed E-state index contributed by atoms with van der Waals surface area (Å²) in [6.45, 7) is 0.271. The quantitative estimate of drug-likeness (QED) is 0.906. The summed E-state index contributed by atoms with van der Waals surface area (Å²) >= 11 is 4.94. The minimum atomic E-state index is -0.0569. The van der Waals surface area contributed by atoms with Crippen LogP contribution >= 0.6 is 27.3 Å². The fraction of sp³-hybridized carbons (Fsp3) is 0.0833. The highest BCUT2D eigenvalue weighted by Crippen LogP contribution is 2.14. The molecule has 0 saturated carbocycles. The van der Waals surface area contributed by atoms with Gasteiger partial charge in [0, 0.05) is 21.2 Å². The zero-order valence-electron chi connectivity index (χ0n) is 8.94. The third kappa shape index (κ3) is 3.87. The van der Waals surface area contributed by atoms with Crippen LogP contribution in [0, 0.1) is 0 Å². The summed E-state index contributed by atoms with van der Waals surface area (Å²) < 4.78 is 0.992. The predicted molar refractivity (Wildman–Crippen MR) is 75.6 cm³/mol. The van der Waals surface area contributed by atoms with Gasteiger partial charge in [-0.3, -0.25) is 4.79 Å². The number of nitrogens with one attached hydrogen (secondary N) is 2. The number of carbonyl (C=O) groups is 1.